The summed E-state index contributed by atoms with van der Waals surface area (Å²) in [5.74, 6) is 3.25. The minimum atomic E-state index is -2.19. The van der Waals surface area contributed by atoms with Gasteiger partial charge in [0.2, 0.25) is 0 Å². The quantitative estimate of drug-likeness (QED) is 0.460. The average molecular weight is 355 g/mol. The van der Waals surface area contributed by atoms with Crippen molar-refractivity contribution in [2.45, 2.75) is 97.6 Å². The third-order valence-electron chi connectivity index (χ3n) is 6.79. The van der Waals surface area contributed by atoms with Crippen LogP contribution in [0, 0.1) is 23.7 Å². The molecule has 0 bridgehead atoms. The molecule has 5 unspecified atom stereocenters. The molecule has 0 amide bonds. The molecule has 5 atom stereocenters. The molecule has 0 saturated heterocycles. The summed E-state index contributed by atoms with van der Waals surface area (Å²) in [5.41, 5.74) is 1.40. The third-order valence-corrected chi connectivity index (χ3v) is 11.6. The van der Waals surface area contributed by atoms with Crippen LogP contribution in [0.2, 0.25) is 11.1 Å². The summed E-state index contributed by atoms with van der Waals surface area (Å²) < 4.78 is 13.7. The predicted octanol–water partition coefficient (Wildman–Crippen LogP) is 6.54. The Bertz CT molecular complexity index is 355. The molecule has 2 saturated carbocycles. The van der Waals surface area contributed by atoms with Crippen molar-refractivity contribution < 1.29 is 8.85 Å². The van der Waals surface area contributed by atoms with Crippen LogP contribution in [0.5, 0.6) is 0 Å². The molecule has 0 heterocycles. The van der Waals surface area contributed by atoms with Crippen LogP contribution in [-0.4, -0.2) is 21.8 Å². The van der Waals surface area contributed by atoms with E-state index in [1.54, 1.807) is 0 Å². The standard InChI is InChI=1S/C21H42O2Si/c1-7-11-22-24(23-12-8-2,21-10-9-18(5)19(21)6)20-14-16(3)13-17(4)15-20/h16-21H,7-15H2,1-6H3. The molecule has 0 N–H and O–H groups in total. The summed E-state index contributed by atoms with van der Waals surface area (Å²) in [6.45, 7) is 16.1. The van der Waals surface area contributed by atoms with Crippen LogP contribution in [0.3, 0.4) is 0 Å². The van der Waals surface area contributed by atoms with E-state index in [9.17, 15) is 0 Å². The largest absolute Gasteiger partial charge is 0.394 e. The Kier molecular flexibility index (Phi) is 7.82. The van der Waals surface area contributed by atoms with Crippen LogP contribution in [0.25, 0.3) is 0 Å². The smallest absolute Gasteiger partial charge is 0.344 e. The highest BCUT2D eigenvalue weighted by atomic mass is 28.4. The van der Waals surface area contributed by atoms with E-state index in [1.807, 2.05) is 0 Å². The maximum absolute atomic E-state index is 6.84. The highest BCUT2D eigenvalue weighted by Crippen LogP contribution is 2.55. The minimum Gasteiger partial charge on any atom is -0.394 e. The van der Waals surface area contributed by atoms with Crippen LogP contribution < -0.4 is 0 Å². The van der Waals surface area contributed by atoms with E-state index < -0.39 is 8.56 Å². The van der Waals surface area contributed by atoms with E-state index in [-0.39, 0.29) is 0 Å². The van der Waals surface area contributed by atoms with Gasteiger partial charge in [-0.25, -0.2) is 0 Å². The molecular formula is C21H42O2Si. The summed E-state index contributed by atoms with van der Waals surface area (Å²) in [7, 11) is -2.19. The summed E-state index contributed by atoms with van der Waals surface area (Å²) in [6, 6.07) is 0. The van der Waals surface area contributed by atoms with Gasteiger partial charge >= 0.3 is 8.56 Å². The number of hydrogen-bond acceptors (Lipinski definition) is 2. The lowest BCUT2D eigenvalue weighted by atomic mass is 9.83. The van der Waals surface area contributed by atoms with E-state index in [1.165, 1.54) is 32.1 Å². The van der Waals surface area contributed by atoms with Gasteiger partial charge in [0.05, 0.1) is 0 Å². The molecule has 24 heavy (non-hydrogen) atoms. The van der Waals surface area contributed by atoms with Crippen LogP contribution in [-0.2, 0) is 8.85 Å². The lowest BCUT2D eigenvalue weighted by molar-refractivity contribution is 0.123. The zero-order valence-electron chi connectivity index (χ0n) is 17.1. The van der Waals surface area contributed by atoms with Crippen LogP contribution in [0.4, 0.5) is 0 Å². The van der Waals surface area contributed by atoms with Gasteiger partial charge in [-0.1, -0.05) is 48.0 Å². The Morgan fingerprint density at radius 2 is 1.33 bits per heavy atom. The fourth-order valence-corrected chi connectivity index (χ4v) is 11.3. The molecule has 2 aliphatic carbocycles. The van der Waals surface area contributed by atoms with Gasteiger partial charge < -0.3 is 8.85 Å². The Balaban J connectivity index is 2.32. The van der Waals surface area contributed by atoms with Gasteiger partial charge in [-0.05, 0) is 62.2 Å². The molecule has 0 aromatic heterocycles. The van der Waals surface area contributed by atoms with E-state index in [0.717, 1.165) is 49.7 Å². The Hall–Kier alpha value is 0.137. The molecule has 2 nitrogen and oxygen atoms in total. The van der Waals surface area contributed by atoms with Crippen molar-refractivity contribution in [1.82, 2.24) is 0 Å². The monoisotopic (exact) mass is 354 g/mol. The van der Waals surface area contributed by atoms with E-state index in [2.05, 4.69) is 41.5 Å². The van der Waals surface area contributed by atoms with E-state index in [0.29, 0.717) is 11.1 Å². The molecule has 0 radical (unpaired) electrons. The molecule has 0 aromatic carbocycles. The van der Waals surface area contributed by atoms with Gasteiger partial charge in [-0.2, -0.15) is 0 Å². The van der Waals surface area contributed by atoms with Gasteiger partial charge in [0.1, 0.15) is 0 Å². The zero-order chi connectivity index (χ0) is 17.7. The second-order valence-corrected chi connectivity index (χ2v) is 12.6. The van der Waals surface area contributed by atoms with Gasteiger partial charge in [0.25, 0.3) is 0 Å². The van der Waals surface area contributed by atoms with Crippen LogP contribution >= 0.6 is 0 Å². The number of hydrogen-bond donors (Lipinski definition) is 0. The molecule has 2 fully saturated rings. The molecule has 0 spiro atoms. The molecule has 0 aromatic rings. The maximum atomic E-state index is 6.84. The maximum Gasteiger partial charge on any atom is 0.344 e. The second-order valence-electron chi connectivity index (χ2n) is 9.05. The predicted molar refractivity (Wildman–Crippen MR) is 105 cm³/mol. The first-order chi connectivity index (χ1) is 11.4. The van der Waals surface area contributed by atoms with Crippen molar-refractivity contribution in [3.8, 4) is 0 Å². The molecule has 0 aliphatic heterocycles. The second kappa shape index (κ2) is 9.18. The zero-order valence-corrected chi connectivity index (χ0v) is 18.1. The van der Waals surface area contributed by atoms with Crippen molar-refractivity contribution in [3.05, 3.63) is 0 Å². The van der Waals surface area contributed by atoms with Crippen LogP contribution in [0.15, 0.2) is 0 Å². The topological polar surface area (TPSA) is 18.5 Å². The van der Waals surface area contributed by atoms with Crippen molar-refractivity contribution in [3.63, 3.8) is 0 Å². The average Bonchev–Trinajstić information content (AvgIpc) is 2.87. The highest BCUT2D eigenvalue weighted by molar-refractivity contribution is 6.70. The Morgan fingerprint density at radius 1 is 0.792 bits per heavy atom. The SMILES string of the molecule is CCCO[Si](OCCC)(C1CC(C)CC(C)C1)C1CCC(C)C1C. The van der Waals surface area contributed by atoms with E-state index >= 15 is 0 Å². The van der Waals surface area contributed by atoms with Gasteiger partial charge in [0, 0.05) is 24.3 Å². The Morgan fingerprint density at radius 3 is 1.75 bits per heavy atom. The van der Waals surface area contributed by atoms with Crippen molar-refractivity contribution in [2.75, 3.05) is 13.2 Å². The van der Waals surface area contributed by atoms with Gasteiger partial charge in [-0.3, -0.25) is 0 Å². The lowest BCUT2D eigenvalue weighted by Gasteiger charge is -2.47. The molecular weight excluding hydrogens is 312 g/mol. The summed E-state index contributed by atoms with van der Waals surface area (Å²) in [5, 5.41) is 0. The molecule has 2 aliphatic rings. The Labute approximate surface area is 152 Å². The molecule has 2 rings (SSSR count). The summed E-state index contributed by atoms with van der Waals surface area (Å²) in [6.07, 6.45) is 8.98. The van der Waals surface area contributed by atoms with E-state index in [4.69, 9.17) is 8.85 Å². The first kappa shape index (κ1) is 20.4. The highest BCUT2D eigenvalue weighted by Gasteiger charge is 2.57. The lowest BCUT2D eigenvalue weighted by Crippen LogP contribution is -2.54. The van der Waals surface area contributed by atoms with Crippen LogP contribution in [0.1, 0.15) is 86.5 Å². The first-order valence-corrected chi connectivity index (χ1v) is 12.7. The third kappa shape index (κ3) is 4.45. The molecule has 3 heteroatoms. The summed E-state index contributed by atoms with van der Waals surface area (Å²) >= 11 is 0. The van der Waals surface area contributed by atoms with Gasteiger partial charge in [0.15, 0.2) is 0 Å². The van der Waals surface area contributed by atoms with Gasteiger partial charge in [-0.15, -0.1) is 0 Å². The van der Waals surface area contributed by atoms with Crippen molar-refractivity contribution in [2.24, 2.45) is 23.7 Å². The minimum absolute atomic E-state index is 0.701. The van der Waals surface area contributed by atoms with Crippen molar-refractivity contribution >= 4 is 8.56 Å². The summed E-state index contributed by atoms with van der Waals surface area (Å²) in [4.78, 5) is 0. The molecule has 142 valence electrons. The first-order valence-electron chi connectivity index (χ1n) is 10.7. The normalized spacial score (nSPS) is 37.8. The van der Waals surface area contributed by atoms with Crippen molar-refractivity contribution in [1.29, 1.82) is 0 Å². The fourth-order valence-electron chi connectivity index (χ4n) is 5.53. The number of rotatable bonds is 8. The fraction of sp³-hybridized carbons (Fsp3) is 1.00.